The molecule has 3 N–H and O–H groups in total. The Balaban J connectivity index is 2.06. The number of anilines is 1. The molecule has 0 radical (unpaired) electrons. The molecule has 20 heavy (non-hydrogen) atoms. The van der Waals surface area contributed by atoms with E-state index in [0.29, 0.717) is 10.0 Å². The van der Waals surface area contributed by atoms with Crippen molar-refractivity contribution < 1.29 is 4.90 Å². The van der Waals surface area contributed by atoms with Gasteiger partial charge in [0.25, 0.3) is 0 Å². The Bertz CT molecular complexity index is 547. The number of halogens is 2. The summed E-state index contributed by atoms with van der Waals surface area (Å²) in [5.41, 5.74) is 8.95. The number of nitrogens with one attached hydrogen (secondary N) is 1. The molecule has 0 heterocycles. The monoisotopic (exact) mass is 309 g/mol. The van der Waals surface area contributed by atoms with Crippen LogP contribution in [0.25, 0.3) is 0 Å². The number of nitrogen functional groups attached to an aromatic ring is 1. The van der Waals surface area contributed by atoms with Crippen LogP contribution >= 0.6 is 23.2 Å². The normalized spacial score (nSPS) is 12.3. The SMILES string of the molecule is CC[NH+](Cc1ccc(N)cc1)Cc1cc(Cl)cc(Cl)c1. The number of hydrogen-bond donors (Lipinski definition) is 2. The van der Waals surface area contributed by atoms with Crippen LogP contribution in [0.4, 0.5) is 5.69 Å². The Morgan fingerprint density at radius 2 is 1.45 bits per heavy atom. The molecule has 0 aliphatic rings. The van der Waals surface area contributed by atoms with Crippen molar-refractivity contribution in [2.24, 2.45) is 0 Å². The summed E-state index contributed by atoms with van der Waals surface area (Å²) in [5, 5.41) is 1.38. The minimum absolute atomic E-state index is 0.690. The number of benzene rings is 2. The maximum Gasteiger partial charge on any atom is 0.103 e. The second kappa shape index (κ2) is 6.98. The van der Waals surface area contributed by atoms with Crippen molar-refractivity contribution >= 4 is 28.9 Å². The van der Waals surface area contributed by atoms with Crippen LogP contribution in [-0.4, -0.2) is 6.54 Å². The van der Waals surface area contributed by atoms with Gasteiger partial charge in [-0.1, -0.05) is 35.3 Å². The molecule has 0 saturated heterocycles. The van der Waals surface area contributed by atoms with E-state index in [1.807, 2.05) is 24.3 Å². The van der Waals surface area contributed by atoms with E-state index in [9.17, 15) is 0 Å². The summed E-state index contributed by atoms with van der Waals surface area (Å²) in [4.78, 5) is 1.45. The zero-order chi connectivity index (χ0) is 14.5. The van der Waals surface area contributed by atoms with Gasteiger partial charge >= 0.3 is 0 Å². The first kappa shape index (κ1) is 15.2. The Labute approximate surface area is 130 Å². The Hall–Kier alpha value is -1.22. The molecule has 2 aromatic carbocycles. The van der Waals surface area contributed by atoms with Gasteiger partial charge in [0, 0.05) is 26.9 Å². The lowest BCUT2D eigenvalue weighted by Gasteiger charge is -2.18. The summed E-state index contributed by atoms with van der Waals surface area (Å²) in [5.74, 6) is 0. The summed E-state index contributed by atoms with van der Waals surface area (Å²) in [7, 11) is 0. The van der Waals surface area contributed by atoms with E-state index in [-0.39, 0.29) is 0 Å². The molecule has 0 aliphatic carbocycles. The molecule has 0 fully saturated rings. The third kappa shape index (κ3) is 4.41. The molecule has 0 aliphatic heterocycles. The average molecular weight is 310 g/mol. The highest BCUT2D eigenvalue weighted by Gasteiger charge is 2.09. The summed E-state index contributed by atoms with van der Waals surface area (Å²) in [6, 6.07) is 13.8. The number of rotatable bonds is 5. The largest absolute Gasteiger partial charge is 0.399 e. The molecule has 106 valence electrons. The third-order valence-electron chi connectivity index (χ3n) is 3.31. The second-order valence-electron chi connectivity index (χ2n) is 4.98. The number of hydrogen-bond acceptors (Lipinski definition) is 1. The minimum Gasteiger partial charge on any atom is -0.399 e. The standard InChI is InChI=1S/C16H18Cl2N2/c1-2-20(10-12-3-5-16(19)6-4-12)11-13-7-14(17)9-15(18)8-13/h3-9H,2,10-11,19H2,1H3/p+1. The molecule has 0 aromatic heterocycles. The molecule has 2 nitrogen and oxygen atoms in total. The molecular formula is C16H19Cl2N2+. The first-order chi connectivity index (χ1) is 9.56. The smallest absolute Gasteiger partial charge is 0.103 e. The quantitative estimate of drug-likeness (QED) is 0.817. The van der Waals surface area contributed by atoms with Crippen molar-refractivity contribution in [2.45, 2.75) is 20.0 Å². The van der Waals surface area contributed by atoms with Gasteiger partial charge in [-0.3, -0.25) is 0 Å². The van der Waals surface area contributed by atoms with E-state index in [4.69, 9.17) is 28.9 Å². The van der Waals surface area contributed by atoms with Gasteiger partial charge < -0.3 is 10.6 Å². The summed E-state index contributed by atoms with van der Waals surface area (Å²) >= 11 is 12.1. The highest BCUT2D eigenvalue weighted by molar-refractivity contribution is 6.34. The average Bonchev–Trinajstić information content (AvgIpc) is 2.39. The zero-order valence-corrected chi connectivity index (χ0v) is 13.0. The van der Waals surface area contributed by atoms with Crippen LogP contribution in [0.15, 0.2) is 42.5 Å². The molecule has 4 heteroatoms. The van der Waals surface area contributed by atoms with E-state index in [1.165, 1.54) is 10.5 Å². The molecule has 2 aromatic rings. The van der Waals surface area contributed by atoms with Gasteiger partial charge in [0.1, 0.15) is 13.1 Å². The minimum atomic E-state index is 0.690. The second-order valence-corrected chi connectivity index (χ2v) is 5.85. The summed E-state index contributed by atoms with van der Waals surface area (Å²) in [6.07, 6.45) is 0. The molecule has 0 amide bonds. The topological polar surface area (TPSA) is 30.5 Å². The lowest BCUT2D eigenvalue weighted by Crippen LogP contribution is -3.09. The fraction of sp³-hybridized carbons (Fsp3) is 0.250. The van der Waals surface area contributed by atoms with E-state index in [2.05, 4.69) is 19.1 Å². The summed E-state index contributed by atoms with van der Waals surface area (Å²) < 4.78 is 0. The van der Waals surface area contributed by atoms with Gasteiger partial charge in [-0.2, -0.15) is 0 Å². The van der Waals surface area contributed by atoms with Crippen molar-refractivity contribution in [1.29, 1.82) is 0 Å². The van der Waals surface area contributed by atoms with Crippen molar-refractivity contribution in [3.8, 4) is 0 Å². The lowest BCUT2D eigenvalue weighted by molar-refractivity contribution is -0.925. The van der Waals surface area contributed by atoms with E-state index in [0.717, 1.165) is 30.9 Å². The van der Waals surface area contributed by atoms with Crippen LogP contribution in [0, 0.1) is 0 Å². The van der Waals surface area contributed by atoms with E-state index >= 15 is 0 Å². The highest BCUT2D eigenvalue weighted by Crippen LogP contribution is 2.18. The van der Waals surface area contributed by atoms with E-state index in [1.54, 1.807) is 6.07 Å². The molecule has 1 unspecified atom stereocenters. The first-order valence-corrected chi connectivity index (χ1v) is 7.45. The van der Waals surface area contributed by atoms with Crippen LogP contribution in [0.3, 0.4) is 0 Å². The van der Waals surface area contributed by atoms with Gasteiger partial charge in [-0.05, 0) is 37.3 Å². The van der Waals surface area contributed by atoms with Crippen LogP contribution in [-0.2, 0) is 13.1 Å². The zero-order valence-electron chi connectivity index (χ0n) is 11.5. The maximum absolute atomic E-state index is 6.05. The highest BCUT2D eigenvalue weighted by atomic mass is 35.5. The predicted molar refractivity (Wildman–Crippen MR) is 86.2 cm³/mol. The first-order valence-electron chi connectivity index (χ1n) is 6.69. The third-order valence-corrected chi connectivity index (χ3v) is 3.75. The molecule has 2 rings (SSSR count). The fourth-order valence-corrected chi connectivity index (χ4v) is 2.81. The van der Waals surface area contributed by atoms with Crippen LogP contribution < -0.4 is 10.6 Å². The van der Waals surface area contributed by atoms with E-state index < -0.39 is 0 Å². The van der Waals surface area contributed by atoms with Gasteiger partial charge in [0.05, 0.1) is 6.54 Å². The van der Waals surface area contributed by atoms with Crippen molar-refractivity contribution in [2.75, 3.05) is 12.3 Å². The number of quaternary nitrogens is 1. The molecule has 0 saturated carbocycles. The Morgan fingerprint density at radius 1 is 0.900 bits per heavy atom. The van der Waals surface area contributed by atoms with Gasteiger partial charge in [-0.15, -0.1) is 0 Å². The molecule has 0 bridgehead atoms. The van der Waals surface area contributed by atoms with Gasteiger partial charge in [0.15, 0.2) is 0 Å². The van der Waals surface area contributed by atoms with Crippen LogP contribution in [0.1, 0.15) is 18.1 Å². The Morgan fingerprint density at radius 3 is 2.00 bits per heavy atom. The summed E-state index contributed by atoms with van der Waals surface area (Å²) in [6.45, 7) is 5.08. The maximum atomic E-state index is 6.05. The van der Waals surface area contributed by atoms with Crippen molar-refractivity contribution in [3.63, 3.8) is 0 Å². The number of nitrogens with two attached hydrogens (primary N) is 1. The van der Waals surface area contributed by atoms with Gasteiger partial charge in [0.2, 0.25) is 0 Å². The fourth-order valence-electron chi connectivity index (χ4n) is 2.24. The van der Waals surface area contributed by atoms with Crippen molar-refractivity contribution in [3.05, 3.63) is 63.6 Å². The molecule has 0 spiro atoms. The predicted octanol–water partition coefficient (Wildman–Crippen LogP) is 3.18. The molecule has 1 atom stereocenters. The van der Waals surface area contributed by atoms with Crippen LogP contribution in [0.2, 0.25) is 10.0 Å². The van der Waals surface area contributed by atoms with Gasteiger partial charge in [-0.25, -0.2) is 0 Å². The van der Waals surface area contributed by atoms with Crippen LogP contribution in [0.5, 0.6) is 0 Å². The lowest BCUT2D eigenvalue weighted by atomic mass is 10.1. The molecular weight excluding hydrogens is 291 g/mol. The Kier molecular flexibility index (Phi) is 5.30. The van der Waals surface area contributed by atoms with Crippen molar-refractivity contribution in [1.82, 2.24) is 0 Å².